The van der Waals surface area contributed by atoms with Gasteiger partial charge in [-0.1, -0.05) is 54.2 Å². The minimum Gasteiger partial charge on any atom is -0.469 e. The Morgan fingerprint density at radius 2 is 1.82 bits per heavy atom. The summed E-state index contributed by atoms with van der Waals surface area (Å²) in [5, 5.41) is 10.8. The number of epoxide rings is 1. The summed E-state index contributed by atoms with van der Waals surface area (Å²) < 4.78 is 29.1. The van der Waals surface area contributed by atoms with E-state index in [1.165, 1.54) is 26.2 Å². The van der Waals surface area contributed by atoms with Gasteiger partial charge in [-0.25, -0.2) is 4.79 Å². The van der Waals surface area contributed by atoms with Crippen molar-refractivity contribution < 1.29 is 52.8 Å². The third-order valence-corrected chi connectivity index (χ3v) is 11.6. The van der Waals surface area contributed by atoms with Gasteiger partial charge in [-0.15, -0.1) is 0 Å². The van der Waals surface area contributed by atoms with Crippen LogP contribution in [0.25, 0.3) is 0 Å². The van der Waals surface area contributed by atoms with Crippen molar-refractivity contribution >= 4 is 29.7 Å². The smallest absolute Gasteiger partial charge is 0.333 e. The zero-order valence-corrected chi connectivity index (χ0v) is 27.2. The Kier molecular flexibility index (Phi) is 8.01. The summed E-state index contributed by atoms with van der Waals surface area (Å²) in [5.41, 5.74) is -3.45. The van der Waals surface area contributed by atoms with E-state index in [9.17, 15) is 29.1 Å². The predicted molar refractivity (Wildman–Crippen MR) is 158 cm³/mol. The molecule has 2 aliphatic heterocycles. The number of rotatable bonds is 8. The monoisotopic (exact) mass is 628 g/mol. The molecule has 1 N–H and O–H groups in total. The first-order valence-corrected chi connectivity index (χ1v) is 15.6. The number of hydrogen-bond donors (Lipinski definition) is 1. The van der Waals surface area contributed by atoms with Crippen LogP contribution in [-0.4, -0.2) is 72.1 Å². The molecule has 2 heterocycles. The Hall–Kier alpha value is -3.31. The average Bonchev–Trinajstić information content (AvgIpc) is 3.52. The second kappa shape index (κ2) is 10.9. The van der Waals surface area contributed by atoms with E-state index in [0.29, 0.717) is 24.0 Å². The highest BCUT2D eigenvalue weighted by molar-refractivity contribution is 5.96. The van der Waals surface area contributed by atoms with E-state index >= 15 is 0 Å². The molecule has 0 aromatic rings. The topological polar surface area (TPSA) is 155 Å². The van der Waals surface area contributed by atoms with Crippen LogP contribution < -0.4 is 0 Å². The highest BCUT2D eigenvalue weighted by Crippen LogP contribution is 2.76. The highest BCUT2D eigenvalue weighted by Gasteiger charge is 2.84. The maximum atomic E-state index is 13.6. The number of cyclic esters (lactones) is 1. The number of carbonyl (C=O) groups excluding carboxylic acids is 5. The van der Waals surface area contributed by atoms with Crippen LogP contribution >= 0.6 is 0 Å². The normalized spacial score (nSPS) is 41.8. The Bertz CT molecular complexity index is 1410. The molecule has 3 fully saturated rings. The molecular weight excluding hydrogens is 584 g/mol. The van der Waals surface area contributed by atoms with E-state index in [-0.39, 0.29) is 12.2 Å². The molecule has 11 atom stereocenters. The first-order chi connectivity index (χ1) is 20.9. The summed E-state index contributed by atoms with van der Waals surface area (Å²) in [5.74, 6) is -4.99. The molecule has 1 spiro atoms. The fourth-order valence-electron chi connectivity index (χ4n) is 8.98. The standard InChI is InChI=1S/C34H44O11/c1-10-16(2)29(39)44-28-27(42-18(4)35)26(32(7)12-11-22(36)31(5,6)21(32)15-24(37)41-9)17(3)34-23(45-34)14-20(33(28,34)8)19-13-25(38)43-30(19)40/h11-13,16,20-21,23,26-28,30,40H,3,10,14-15H2,1-2,4-9H3. The van der Waals surface area contributed by atoms with E-state index in [0.717, 1.165) is 0 Å². The molecular formula is C34H44O11. The summed E-state index contributed by atoms with van der Waals surface area (Å²) in [6.45, 7) is 16.7. The molecule has 11 heteroatoms. The molecule has 1 saturated heterocycles. The molecule has 5 aliphatic rings. The SMILES string of the molecule is C=C1C(C2(C)C=CC(=O)C(C)(C)C2CC(=O)OC)C(OC(C)=O)C(OC(=O)C(C)CC)C2(C)C(C3=CC(=O)OC3O)CC3OC132. The van der Waals surface area contributed by atoms with Gasteiger partial charge in [-0.3, -0.25) is 19.2 Å². The van der Waals surface area contributed by atoms with E-state index < -0.39 is 94.0 Å². The summed E-state index contributed by atoms with van der Waals surface area (Å²) in [6.07, 6.45) is 1.04. The van der Waals surface area contributed by atoms with Crippen molar-refractivity contribution in [2.24, 2.45) is 39.9 Å². The molecule has 246 valence electrons. The zero-order chi connectivity index (χ0) is 33.4. The largest absolute Gasteiger partial charge is 0.469 e. The Labute approximate surface area is 263 Å². The van der Waals surface area contributed by atoms with Gasteiger partial charge in [-0.2, -0.15) is 0 Å². The summed E-state index contributed by atoms with van der Waals surface area (Å²) in [6, 6.07) is 0. The molecule has 11 nitrogen and oxygen atoms in total. The third-order valence-electron chi connectivity index (χ3n) is 11.6. The number of aliphatic hydroxyl groups is 1. The van der Waals surface area contributed by atoms with Gasteiger partial charge < -0.3 is 28.8 Å². The first-order valence-electron chi connectivity index (χ1n) is 15.6. The lowest BCUT2D eigenvalue weighted by Crippen LogP contribution is -2.67. The van der Waals surface area contributed by atoms with Gasteiger partial charge in [0.25, 0.3) is 0 Å². The van der Waals surface area contributed by atoms with E-state index in [1.807, 2.05) is 20.8 Å². The average molecular weight is 629 g/mol. The van der Waals surface area contributed by atoms with Gasteiger partial charge in [0, 0.05) is 41.2 Å². The predicted octanol–water partition coefficient (Wildman–Crippen LogP) is 3.38. The van der Waals surface area contributed by atoms with Gasteiger partial charge in [0.2, 0.25) is 6.29 Å². The van der Waals surface area contributed by atoms with Crippen LogP contribution in [0, 0.1) is 39.9 Å². The molecule has 0 aromatic carbocycles. The van der Waals surface area contributed by atoms with Gasteiger partial charge in [0.1, 0.15) is 17.8 Å². The zero-order valence-electron chi connectivity index (χ0n) is 27.2. The number of esters is 4. The number of carbonyl (C=O) groups is 5. The molecule has 0 bridgehead atoms. The van der Waals surface area contributed by atoms with Crippen molar-refractivity contribution in [2.75, 3.05) is 7.11 Å². The van der Waals surface area contributed by atoms with Crippen LogP contribution in [0.1, 0.15) is 67.7 Å². The fraction of sp³-hybridized carbons (Fsp3) is 0.676. The van der Waals surface area contributed by atoms with E-state index in [2.05, 4.69) is 6.58 Å². The van der Waals surface area contributed by atoms with Crippen LogP contribution in [0.3, 0.4) is 0 Å². The Morgan fingerprint density at radius 1 is 1.16 bits per heavy atom. The fourth-order valence-corrected chi connectivity index (χ4v) is 8.98. The summed E-state index contributed by atoms with van der Waals surface area (Å²) in [4.78, 5) is 64.8. The summed E-state index contributed by atoms with van der Waals surface area (Å²) >= 11 is 0. The van der Waals surface area contributed by atoms with Crippen molar-refractivity contribution in [1.82, 2.24) is 0 Å². The number of allylic oxidation sites excluding steroid dienone is 2. The minimum absolute atomic E-state index is 0.111. The van der Waals surface area contributed by atoms with Gasteiger partial charge >= 0.3 is 23.9 Å². The highest BCUT2D eigenvalue weighted by atomic mass is 16.6. The van der Waals surface area contributed by atoms with E-state index in [1.54, 1.807) is 26.8 Å². The maximum Gasteiger partial charge on any atom is 0.333 e. The molecule has 0 amide bonds. The molecule has 5 rings (SSSR count). The van der Waals surface area contributed by atoms with Gasteiger partial charge in [-0.05, 0) is 30.4 Å². The van der Waals surface area contributed by atoms with Gasteiger partial charge in [0.05, 0.1) is 31.0 Å². The molecule has 45 heavy (non-hydrogen) atoms. The number of hydrogen-bond acceptors (Lipinski definition) is 11. The van der Waals surface area contributed by atoms with Crippen LogP contribution in [0.2, 0.25) is 0 Å². The summed E-state index contributed by atoms with van der Waals surface area (Å²) in [7, 11) is 1.28. The van der Waals surface area contributed by atoms with Crippen molar-refractivity contribution in [1.29, 1.82) is 0 Å². The molecule has 0 radical (unpaired) electrons. The Morgan fingerprint density at radius 3 is 2.38 bits per heavy atom. The molecule has 3 aliphatic carbocycles. The lowest BCUT2D eigenvalue weighted by Gasteiger charge is -2.59. The quantitative estimate of drug-likeness (QED) is 0.182. The van der Waals surface area contributed by atoms with Crippen LogP contribution in [0.15, 0.2) is 36.0 Å². The van der Waals surface area contributed by atoms with E-state index in [4.69, 9.17) is 23.7 Å². The lowest BCUT2D eigenvalue weighted by atomic mass is 9.46. The van der Waals surface area contributed by atoms with Crippen molar-refractivity contribution in [3.8, 4) is 0 Å². The number of ether oxygens (including phenoxy) is 5. The van der Waals surface area contributed by atoms with Crippen molar-refractivity contribution in [3.63, 3.8) is 0 Å². The number of methoxy groups -OCH3 is 1. The second-order valence-electron chi connectivity index (χ2n) is 14.2. The second-order valence-corrected chi connectivity index (χ2v) is 14.2. The van der Waals surface area contributed by atoms with Crippen molar-refractivity contribution in [3.05, 3.63) is 36.0 Å². The maximum absolute atomic E-state index is 13.6. The molecule has 11 unspecified atom stereocenters. The van der Waals surface area contributed by atoms with Crippen LogP contribution in [0.5, 0.6) is 0 Å². The third kappa shape index (κ3) is 4.63. The Balaban J connectivity index is 1.74. The molecule has 0 aromatic heterocycles. The van der Waals surface area contributed by atoms with Crippen LogP contribution in [0.4, 0.5) is 0 Å². The number of ketones is 1. The lowest BCUT2D eigenvalue weighted by molar-refractivity contribution is -0.213. The van der Waals surface area contributed by atoms with Crippen molar-refractivity contribution in [2.45, 2.75) is 97.9 Å². The van der Waals surface area contributed by atoms with Gasteiger partial charge in [0.15, 0.2) is 5.78 Å². The van der Waals surface area contributed by atoms with Crippen LogP contribution in [-0.2, 0) is 47.7 Å². The molecule has 2 saturated carbocycles. The number of aliphatic hydroxyl groups excluding tert-OH is 1. The minimum atomic E-state index is -1.49. The first kappa shape index (κ1) is 33.1.